The molecule has 16 heavy (non-hydrogen) atoms. The minimum absolute atomic E-state index is 0.593. The van der Waals surface area contributed by atoms with Crippen LogP contribution in [0.15, 0.2) is 30.5 Å². The molecule has 1 saturated heterocycles. The van der Waals surface area contributed by atoms with Gasteiger partial charge in [-0.15, -0.1) is 0 Å². The van der Waals surface area contributed by atoms with E-state index in [0.29, 0.717) is 6.04 Å². The van der Waals surface area contributed by atoms with Crippen LogP contribution in [0.4, 0.5) is 0 Å². The van der Waals surface area contributed by atoms with Gasteiger partial charge in [0.15, 0.2) is 0 Å². The molecule has 1 aliphatic heterocycles. The Hall–Kier alpha value is -1.48. The van der Waals surface area contributed by atoms with Gasteiger partial charge < -0.3 is 5.32 Å². The molecule has 0 amide bonds. The molecule has 1 aromatic heterocycles. The van der Waals surface area contributed by atoms with Crippen molar-refractivity contribution >= 4 is 11.0 Å². The number of benzene rings is 1. The first-order valence-electron chi connectivity index (χ1n) is 5.86. The minimum atomic E-state index is 0.593. The van der Waals surface area contributed by atoms with Crippen LogP contribution >= 0.6 is 0 Å². The van der Waals surface area contributed by atoms with Crippen LogP contribution in [0.2, 0.25) is 0 Å². The Labute approximate surface area is 94.9 Å². The van der Waals surface area contributed by atoms with Crippen molar-refractivity contribution in [3.05, 3.63) is 36.2 Å². The molecule has 1 aliphatic rings. The van der Waals surface area contributed by atoms with Crippen molar-refractivity contribution in [3.8, 4) is 0 Å². The van der Waals surface area contributed by atoms with Gasteiger partial charge in [-0.1, -0.05) is 12.1 Å². The molecular formula is C13H15N3. The summed E-state index contributed by atoms with van der Waals surface area (Å²) >= 11 is 0. The second-order valence-electron chi connectivity index (χ2n) is 4.35. The second kappa shape index (κ2) is 4.18. The number of aromatic nitrogens is 2. The molecule has 82 valence electrons. The van der Waals surface area contributed by atoms with Crippen molar-refractivity contribution < 1.29 is 0 Å². The Balaban J connectivity index is 1.86. The molecule has 2 heterocycles. The van der Waals surface area contributed by atoms with Crippen molar-refractivity contribution in [2.45, 2.75) is 25.3 Å². The Bertz CT molecular complexity index is 489. The average Bonchev–Trinajstić information content (AvgIpc) is 2.82. The Kier molecular flexibility index (Phi) is 2.54. The normalized spacial score (nSPS) is 20.4. The summed E-state index contributed by atoms with van der Waals surface area (Å²) in [7, 11) is 0. The van der Waals surface area contributed by atoms with Crippen LogP contribution in [-0.4, -0.2) is 22.6 Å². The van der Waals surface area contributed by atoms with Crippen LogP contribution in [0, 0.1) is 0 Å². The average molecular weight is 213 g/mol. The van der Waals surface area contributed by atoms with Crippen LogP contribution in [0.25, 0.3) is 11.0 Å². The molecule has 1 fully saturated rings. The molecule has 3 rings (SSSR count). The van der Waals surface area contributed by atoms with Crippen molar-refractivity contribution in [3.63, 3.8) is 0 Å². The molecule has 1 aromatic carbocycles. The van der Waals surface area contributed by atoms with Gasteiger partial charge in [-0.2, -0.15) is 0 Å². The summed E-state index contributed by atoms with van der Waals surface area (Å²) in [6.07, 6.45) is 5.44. The first-order chi connectivity index (χ1) is 7.92. The van der Waals surface area contributed by atoms with Crippen molar-refractivity contribution in [2.24, 2.45) is 0 Å². The number of hydrogen-bond acceptors (Lipinski definition) is 3. The van der Waals surface area contributed by atoms with E-state index in [-0.39, 0.29) is 0 Å². The summed E-state index contributed by atoms with van der Waals surface area (Å²) in [5.74, 6) is 0. The molecule has 1 atom stereocenters. The predicted molar refractivity (Wildman–Crippen MR) is 64.3 cm³/mol. The van der Waals surface area contributed by atoms with Crippen LogP contribution in [0.5, 0.6) is 0 Å². The highest BCUT2D eigenvalue weighted by Gasteiger charge is 2.15. The Morgan fingerprint density at radius 1 is 1.25 bits per heavy atom. The largest absolute Gasteiger partial charge is 0.314 e. The standard InChI is InChI=1S/C13H15N3/c1-2-6-13-12(5-1)15-9-11(16-13)8-10-4-3-7-14-10/h1-2,5-6,9-10,14H,3-4,7-8H2. The molecule has 0 radical (unpaired) electrons. The number of nitrogens with one attached hydrogen (secondary N) is 1. The smallest absolute Gasteiger partial charge is 0.0890 e. The molecule has 3 heteroatoms. The van der Waals surface area contributed by atoms with Crippen LogP contribution in [-0.2, 0) is 6.42 Å². The van der Waals surface area contributed by atoms with Gasteiger partial charge in [0.05, 0.1) is 16.7 Å². The lowest BCUT2D eigenvalue weighted by Crippen LogP contribution is -2.24. The van der Waals surface area contributed by atoms with Gasteiger partial charge in [-0.25, -0.2) is 4.98 Å². The summed E-state index contributed by atoms with van der Waals surface area (Å²) in [6.45, 7) is 1.14. The van der Waals surface area contributed by atoms with Crippen molar-refractivity contribution in [2.75, 3.05) is 6.54 Å². The predicted octanol–water partition coefficient (Wildman–Crippen LogP) is 1.92. The third-order valence-corrected chi connectivity index (χ3v) is 3.12. The third kappa shape index (κ3) is 1.91. The number of nitrogens with zero attached hydrogens (tertiary/aromatic N) is 2. The van der Waals surface area contributed by atoms with E-state index >= 15 is 0 Å². The van der Waals surface area contributed by atoms with E-state index < -0.39 is 0 Å². The van der Waals surface area contributed by atoms with Gasteiger partial charge in [0.1, 0.15) is 0 Å². The molecular weight excluding hydrogens is 198 g/mol. The molecule has 1 unspecified atom stereocenters. The van der Waals surface area contributed by atoms with E-state index in [1.807, 2.05) is 30.5 Å². The SMILES string of the molecule is c1ccc2nc(CC3CCCN3)cnc2c1. The lowest BCUT2D eigenvalue weighted by atomic mass is 10.1. The quantitative estimate of drug-likeness (QED) is 0.828. The van der Waals surface area contributed by atoms with E-state index in [2.05, 4.69) is 15.3 Å². The molecule has 3 nitrogen and oxygen atoms in total. The van der Waals surface area contributed by atoms with E-state index in [0.717, 1.165) is 29.7 Å². The van der Waals surface area contributed by atoms with Crippen molar-refractivity contribution in [1.82, 2.24) is 15.3 Å². The summed E-state index contributed by atoms with van der Waals surface area (Å²) in [5.41, 5.74) is 3.07. The second-order valence-corrected chi connectivity index (χ2v) is 4.35. The first-order valence-corrected chi connectivity index (χ1v) is 5.86. The van der Waals surface area contributed by atoms with Crippen LogP contribution in [0.1, 0.15) is 18.5 Å². The van der Waals surface area contributed by atoms with E-state index in [4.69, 9.17) is 0 Å². The number of para-hydroxylation sites is 2. The van der Waals surface area contributed by atoms with Gasteiger partial charge in [-0.05, 0) is 31.5 Å². The fraction of sp³-hybridized carbons (Fsp3) is 0.385. The number of rotatable bonds is 2. The summed E-state index contributed by atoms with van der Waals surface area (Å²) in [5, 5.41) is 3.49. The molecule has 0 bridgehead atoms. The highest BCUT2D eigenvalue weighted by molar-refractivity contribution is 5.73. The zero-order valence-corrected chi connectivity index (χ0v) is 9.19. The third-order valence-electron chi connectivity index (χ3n) is 3.12. The zero-order valence-electron chi connectivity index (χ0n) is 9.19. The van der Waals surface area contributed by atoms with E-state index in [1.54, 1.807) is 0 Å². The maximum absolute atomic E-state index is 4.64. The van der Waals surface area contributed by atoms with Gasteiger partial charge in [0.25, 0.3) is 0 Å². The summed E-state index contributed by atoms with van der Waals surface area (Å²) in [6, 6.07) is 8.62. The molecule has 0 spiro atoms. The highest BCUT2D eigenvalue weighted by atomic mass is 14.9. The topological polar surface area (TPSA) is 37.8 Å². The van der Waals surface area contributed by atoms with E-state index in [1.165, 1.54) is 12.8 Å². The van der Waals surface area contributed by atoms with E-state index in [9.17, 15) is 0 Å². The number of hydrogen-bond donors (Lipinski definition) is 1. The van der Waals surface area contributed by atoms with Gasteiger partial charge in [0, 0.05) is 18.7 Å². The lowest BCUT2D eigenvalue weighted by molar-refractivity contribution is 0.595. The molecule has 0 saturated carbocycles. The maximum atomic E-state index is 4.64. The molecule has 1 N–H and O–H groups in total. The van der Waals surface area contributed by atoms with Crippen molar-refractivity contribution in [1.29, 1.82) is 0 Å². The van der Waals surface area contributed by atoms with Gasteiger partial charge >= 0.3 is 0 Å². The van der Waals surface area contributed by atoms with Gasteiger partial charge in [-0.3, -0.25) is 4.98 Å². The maximum Gasteiger partial charge on any atom is 0.0890 e. The minimum Gasteiger partial charge on any atom is -0.314 e. The first kappa shape index (κ1) is 9.73. The zero-order chi connectivity index (χ0) is 10.8. The summed E-state index contributed by atoms with van der Waals surface area (Å²) in [4.78, 5) is 9.07. The lowest BCUT2D eigenvalue weighted by Gasteiger charge is -2.09. The molecule has 2 aromatic rings. The Morgan fingerprint density at radius 2 is 2.12 bits per heavy atom. The van der Waals surface area contributed by atoms with Gasteiger partial charge in [0.2, 0.25) is 0 Å². The monoisotopic (exact) mass is 213 g/mol. The number of fused-ring (bicyclic) bond motifs is 1. The fourth-order valence-corrected chi connectivity index (χ4v) is 2.28. The fourth-order valence-electron chi connectivity index (χ4n) is 2.28. The highest BCUT2D eigenvalue weighted by Crippen LogP contribution is 2.13. The van der Waals surface area contributed by atoms with Crippen LogP contribution in [0.3, 0.4) is 0 Å². The van der Waals surface area contributed by atoms with Crippen LogP contribution < -0.4 is 5.32 Å². The molecule has 0 aliphatic carbocycles. The summed E-state index contributed by atoms with van der Waals surface area (Å²) < 4.78 is 0. The Morgan fingerprint density at radius 3 is 2.94 bits per heavy atom.